The third-order valence-electron chi connectivity index (χ3n) is 3.79. The molecule has 2 aliphatic rings. The number of hydrogen-bond acceptors (Lipinski definition) is 4. The highest BCUT2D eigenvalue weighted by Gasteiger charge is 2.71. The van der Waals surface area contributed by atoms with Gasteiger partial charge in [-0.1, -0.05) is 6.92 Å². The Hall–Kier alpha value is -0.650. The highest BCUT2D eigenvalue weighted by molar-refractivity contribution is 5.80. The maximum absolute atomic E-state index is 11.0. The summed E-state index contributed by atoms with van der Waals surface area (Å²) in [6, 6.07) is 0. The average molecular weight is 201 g/mol. The van der Waals surface area contributed by atoms with E-state index in [-0.39, 0.29) is 23.7 Å². The van der Waals surface area contributed by atoms with Crippen molar-refractivity contribution < 1.29 is 20.1 Å². The molecule has 0 aliphatic heterocycles. The molecule has 0 spiro atoms. The number of fused-ring (bicyclic) bond motifs is 1. The summed E-state index contributed by atoms with van der Waals surface area (Å²) in [7, 11) is 0. The smallest absolute Gasteiger partial charge is 0.323 e. The summed E-state index contributed by atoms with van der Waals surface area (Å²) < 4.78 is 0. The molecular formula is C9H15NO4. The van der Waals surface area contributed by atoms with Crippen LogP contribution in [0.4, 0.5) is 0 Å². The zero-order valence-corrected chi connectivity index (χ0v) is 7.92. The lowest BCUT2D eigenvalue weighted by Gasteiger charge is -2.24. The van der Waals surface area contributed by atoms with Crippen LogP contribution in [-0.4, -0.2) is 33.1 Å². The molecule has 2 aliphatic carbocycles. The normalized spacial score (nSPS) is 50.6. The molecule has 0 saturated heterocycles. The molecule has 0 aromatic heterocycles. The molecule has 0 amide bonds. The van der Waals surface area contributed by atoms with Gasteiger partial charge in [0.15, 0.2) is 6.29 Å². The minimum Gasteiger partial charge on any atom is -0.480 e. The van der Waals surface area contributed by atoms with Gasteiger partial charge in [-0.2, -0.15) is 0 Å². The van der Waals surface area contributed by atoms with E-state index in [9.17, 15) is 4.79 Å². The molecule has 5 atom stereocenters. The molecular weight excluding hydrogens is 186 g/mol. The second kappa shape index (κ2) is 2.68. The standard InChI is InChI=1S/C9H15NO4/c1-3-2-9(10,8(13)14)6-4(3)5(6)7(11)12/h3-7,11-12H,2,10H2,1H3,(H,13,14)/t3-,4?,5?,6?,9?/m0/s1. The van der Waals surface area contributed by atoms with Crippen molar-refractivity contribution in [2.75, 3.05) is 0 Å². The Bertz CT molecular complexity index is 276. The lowest BCUT2D eigenvalue weighted by Crippen LogP contribution is -2.50. The Balaban J connectivity index is 2.22. The van der Waals surface area contributed by atoms with Crippen molar-refractivity contribution in [1.29, 1.82) is 0 Å². The third-order valence-corrected chi connectivity index (χ3v) is 3.79. The fourth-order valence-corrected chi connectivity index (χ4v) is 3.20. The maximum Gasteiger partial charge on any atom is 0.323 e. The predicted molar refractivity (Wildman–Crippen MR) is 47.0 cm³/mol. The lowest BCUT2D eigenvalue weighted by atomic mass is 9.88. The van der Waals surface area contributed by atoms with Crippen LogP contribution in [0.5, 0.6) is 0 Å². The molecule has 80 valence electrons. The summed E-state index contributed by atoms with van der Waals surface area (Å²) in [6.07, 6.45) is -1.00. The summed E-state index contributed by atoms with van der Waals surface area (Å²) in [5.41, 5.74) is 4.53. The molecule has 0 aromatic carbocycles. The third kappa shape index (κ3) is 1.03. The van der Waals surface area contributed by atoms with E-state index in [2.05, 4.69) is 0 Å². The van der Waals surface area contributed by atoms with Crippen molar-refractivity contribution in [2.45, 2.75) is 25.2 Å². The van der Waals surface area contributed by atoms with Gasteiger partial charge in [0.1, 0.15) is 5.54 Å². The highest BCUT2D eigenvalue weighted by atomic mass is 16.5. The summed E-state index contributed by atoms with van der Waals surface area (Å²) in [5, 5.41) is 27.1. The molecule has 5 N–H and O–H groups in total. The summed E-state index contributed by atoms with van der Waals surface area (Å²) >= 11 is 0. The molecule has 0 heterocycles. The van der Waals surface area contributed by atoms with Crippen LogP contribution in [0.1, 0.15) is 13.3 Å². The van der Waals surface area contributed by atoms with Gasteiger partial charge in [-0.05, 0) is 24.2 Å². The molecule has 2 rings (SSSR count). The first-order chi connectivity index (χ1) is 6.39. The lowest BCUT2D eigenvalue weighted by molar-refractivity contribution is -0.145. The van der Waals surface area contributed by atoms with Crippen LogP contribution in [0.2, 0.25) is 0 Å². The number of aliphatic hydroxyl groups is 2. The van der Waals surface area contributed by atoms with Crippen molar-refractivity contribution in [3.63, 3.8) is 0 Å². The van der Waals surface area contributed by atoms with Gasteiger partial charge < -0.3 is 21.1 Å². The Kier molecular flexibility index (Phi) is 1.90. The minimum atomic E-state index is -1.44. The second-order valence-corrected chi connectivity index (χ2v) is 4.62. The molecule has 14 heavy (non-hydrogen) atoms. The van der Waals surface area contributed by atoms with Gasteiger partial charge in [0, 0.05) is 5.92 Å². The van der Waals surface area contributed by atoms with Crippen molar-refractivity contribution in [2.24, 2.45) is 29.4 Å². The Morgan fingerprint density at radius 1 is 1.57 bits per heavy atom. The summed E-state index contributed by atoms with van der Waals surface area (Å²) in [4.78, 5) is 11.0. The van der Waals surface area contributed by atoms with Gasteiger partial charge in [-0.15, -0.1) is 0 Å². The van der Waals surface area contributed by atoms with Gasteiger partial charge in [0.05, 0.1) is 0 Å². The van der Waals surface area contributed by atoms with E-state index in [0.717, 1.165) is 0 Å². The molecule has 0 bridgehead atoms. The predicted octanol–water partition coefficient (Wildman–Crippen LogP) is -1.02. The molecule has 2 saturated carbocycles. The van der Waals surface area contributed by atoms with Gasteiger partial charge >= 0.3 is 5.97 Å². The van der Waals surface area contributed by atoms with Crippen LogP contribution >= 0.6 is 0 Å². The van der Waals surface area contributed by atoms with Crippen molar-refractivity contribution >= 4 is 5.97 Å². The first-order valence-electron chi connectivity index (χ1n) is 4.78. The number of carbonyl (C=O) groups is 1. The zero-order valence-electron chi connectivity index (χ0n) is 7.92. The van der Waals surface area contributed by atoms with Crippen LogP contribution in [0.25, 0.3) is 0 Å². The minimum absolute atomic E-state index is 0.0658. The van der Waals surface area contributed by atoms with E-state index >= 15 is 0 Å². The Morgan fingerprint density at radius 2 is 2.14 bits per heavy atom. The number of aliphatic carboxylic acids is 1. The van der Waals surface area contributed by atoms with E-state index in [4.69, 9.17) is 21.1 Å². The van der Waals surface area contributed by atoms with Gasteiger partial charge in [-0.3, -0.25) is 4.79 Å². The first kappa shape index (κ1) is 9.89. The number of carboxylic acids is 1. The number of rotatable bonds is 2. The highest BCUT2D eigenvalue weighted by Crippen LogP contribution is 2.64. The average Bonchev–Trinajstić information content (AvgIpc) is 2.72. The number of nitrogens with two attached hydrogens (primary N) is 1. The molecule has 2 fully saturated rings. The molecule has 5 heteroatoms. The quantitative estimate of drug-likeness (QED) is 0.428. The monoisotopic (exact) mass is 201 g/mol. The Labute approximate surface area is 81.5 Å². The van der Waals surface area contributed by atoms with Crippen LogP contribution in [0, 0.1) is 23.7 Å². The van der Waals surface area contributed by atoms with E-state index in [1.54, 1.807) is 0 Å². The van der Waals surface area contributed by atoms with Crippen LogP contribution < -0.4 is 5.73 Å². The number of aliphatic hydroxyl groups excluding tert-OH is 1. The van der Waals surface area contributed by atoms with Gasteiger partial charge in [-0.25, -0.2) is 0 Å². The number of carboxylic acid groups (broad SMARTS) is 1. The summed E-state index contributed by atoms with van der Waals surface area (Å²) in [6.45, 7) is 1.91. The van der Waals surface area contributed by atoms with E-state index in [1.807, 2.05) is 6.92 Å². The van der Waals surface area contributed by atoms with Crippen molar-refractivity contribution in [3.8, 4) is 0 Å². The van der Waals surface area contributed by atoms with Crippen LogP contribution in [0.15, 0.2) is 0 Å². The molecule has 0 radical (unpaired) electrons. The van der Waals surface area contributed by atoms with Crippen LogP contribution in [0.3, 0.4) is 0 Å². The molecule has 0 aromatic rings. The first-order valence-corrected chi connectivity index (χ1v) is 4.78. The van der Waals surface area contributed by atoms with E-state index in [1.165, 1.54) is 0 Å². The van der Waals surface area contributed by atoms with E-state index in [0.29, 0.717) is 6.42 Å². The SMILES string of the molecule is C[C@H]1CC(N)(C(=O)O)C2C(C(O)O)C21. The van der Waals surface area contributed by atoms with Gasteiger partial charge in [0.25, 0.3) is 0 Å². The maximum atomic E-state index is 11.0. The second-order valence-electron chi connectivity index (χ2n) is 4.62. The fourth-order valence-electron chi connectivity index (χ4n) is 3.20. The largest absolute Gasteiger partial charge is 0.480 e. The molecule has 5 nitrogen and oxygen atoms in total. The topological polar surface area (TPSA) is 104 Å². The van der Waals surface area contributed by atoms with Crippen molar-refractivity contribution in [3.05, 3.63) is 0 Å². The van der Waals surface area contributed by atoms with Gasteiger partial charge in [0.2, 0.25) is 0 Å². The Morgan fingerprint density at radius 3 is 2.50 bits per heavy atom. The van der Waals surface area contributed by atoms with E-state index < -0.39 is 17.8 Å². The number of hydrogen-bond donors (Lipinski definition) is 4. The summed E-state index contributed by atoms with van der Waals surface area (Å²) in [5.74, 6) is -1.42. The fraction of sp³-hybridized carbons (Fsp3) is 0.889. The van der Waals surface area contributed by atoms with Crippen molar-refractivity contribution in [1.82, 2.24) is 0 Å². The molecule has 4 unspecified atom stereocenters. The zero-order chi connectivity index (χ0) is 10.7. The van der Waals surface area contributed by atoms with Crippen LogP contribution in [-0.2, 0) is 4.79 Å².